The lowest BCUT2D eigenvalue weighted by molar-refractivity contribution is -0.132. The van der Waals surface area contributed by atoms with Crippen LogP contribution in [-0.4, -0.2) is 28.9 Å². The molecule has 1 amide bonds. The van der Waals surface area contributed by atoms with Crippen molar-refractivity contribution in [3.63, 3.8) is 0 Å². The van der Waals surface area contributed by atoms with Gasteiger partial charge in [0.15, 0.2) is 5.13 Å². The molecule has 1 fully saturated rings. The maximum atomic E-state index is 13.1. The highest BCUT2D eigenvalue weighted by atomic mass is 35.5. The molecule has 0 saturated carbocycles. The van der Waals surface area contributed by atoms with Gasteiger partial charge in [0.05, 0.1) is 18.4 Å². The summed E-state index contributed by atoms with van der Waals surface area (Å²) in [5, 5.41) is 12.0. The Labute approximate surface area is 188 Å². The number of nitrogens with zero attached hydrogens (tertiary/aromatic N) is 2. The summed E-state index contributed by atoms with van der Waals surface area (Å²) in [6, 6.07) is 12.6. The fourth-order valence-corrected chi connectivity index (χ4v) is 4.60. The molecule has 1 saturated heterocycles. The Hall–Kier alpha value is -3.16. The van der Waals surface area contributed by atoms with Crippen molar-refractivity contribution in [1.29, 1.82) is 0 Å². The molecule has 1 aliphatic rings. The molecule has 0 unspecified atom stereocenters. The third-order valence-electron chi connectivity index (χ3n) is 5.22. The number of hydrogen-bond acceptors (Lipinski definition) is 6. The number of carbonyl (C=O) groups excluding carboxylic acids is 2. The van der Waals surface area contributed by atoms with Gasteiger partial charge < -0.3 is 9.84 Å². The van der Waals surface area contributed by atoms with E-state index >= 15 is 0 Å². The average molecular weight is 455 g/mol. The number of aliphatic hydroxyl groups is 1. The quantitative estimate of drug-likeness (QED) is 0.339. The second-order valence-corrected chi connectivity index (χ2v) is 8.67. The zero-order chi connectivity index (χ0) is 22.3. The highest BCUT2D eigenvalue weighted by Crippen LogP contribution is 2.46. The van der Waals surface area contributed by atoms with Crippen molar-refractivity contribution in [1.82, 2.24) is 4.98 Å². The Balaban J connectivity index is 1.99. The van der Waals surface area contributed by atoms with Gasteiger partial charge in [0.1, 0.15) is 17.6 Å². The number of carbonyl (C=O) groups is 2. The number of rotatable bonds is 4. The van der Waals surface area contributed by atoms with E-state index in [0.717, 1.165) is 10.6 Å². The standard InChI is InChI=1S/C23H19ClN2O4S/c1-12-13(2)31-23(25-12)26-19(16-6-4-5-7-17(16)30-3)18(21(28)22(26)29)20(27)14-8-10-15(24)11-9-14/h4-11,19,27H,1-3H3/b20-18+/t19-/m0/s1. The maximum Gasteiger partial charge on any atom is 0.301 e. The van der Waals surface area contributed by atoms with Crippen LogP contribution in [0.25, 0.3) is 5.76 Å². The lowest BCUT2D eigenvalue weighted by Crippen LogP contribution is -2.29. The number of hydrogen-bond donors (Lipinski definition) is 1. The molecule has 31 heavy (non-hydrogen) atoms. The number of ether oxygens (including phenoxy) is 1. The highest BCUT2D eigenvalue weighted by molar-refractivity contribution is 7.16. The molecule has 3 aromatic rings. The summed E-state index contributed by atoms with van der Waals surface area (Å²) >= 11 is 7.28. The average Bonchev–Trinajstić information content (AvgIpc) is 3.23. The van der Waals surface area contributed by atoms with Crippen LogP contribution < -0.4 is 9.64 Å². The van der Waals surface area contributed by atoms with Crippen LogP contribution in [0.2, 0.25) is 5.02 Å². The summed E-state index contributed by atoms with van der Waals surface area (Å²) in [6.45, 7) is 3.75. The number of methoxy groups -OCH3 is 1. The largest absolute Gasteiger partial charge is 0.507 e. The molecule has 1 N–H and O–H groups in total. The minimum absolute atomic E-state index is 0.0256. The third-order valence-corrected chi connectivity index (χ3v) is 6.54. The second-order valence-electron chi connectivity index (χ2n) is 7.06. The number of aromatic nitrogens is 1. The Morgan fingerprint density at radius 3 is 2.42 bits per heavy atom. The van der Waals surface area contributed by atoms with Gasteiger partial charge in [-0.2, -0.15) is 0 Å². The van der Waals surface area contributed by atoms with Gasteiger partial charge in [-0.25, -0.2) is 4.98 Å². The number of aryl methyl sites for hydroxylation is 2. The second kappa shape index (κ2) is 8.17. The van der Waals surface area contributed by atoms with E-state index < -0.39 is 17.7 Å². The van der Waals surface area contributed by atoms with E-state index in [1.807, 2.05) is 13.8 Å². The Morgan fingerprint density at radius 1 is 1.13 bits per heavy atom. The summed E-state index contributed by atoms with van der Waals surface area (Å²) in [5.41, 5.74) is 1.71. The van der Waals surface area contributed by atoms with Gasteiger partial charge in [0.25, 0.3) is 5.78 Å². The third kappa shape index (κ3) is 3.60. The van der Waals surface area contributed by atoms with Crippen LogP contribution in [0.3, 0.4) is 0 Å². The van der Waals surface area contributed by atoms with E-state index in [1.54, 1.807) is 48.5 Å². The molecule has 1 atom stereocenters. The van der Waals surface area contributed by atoms with E-state index in [0.29, 0.717) is 27.0 Å². The fourth-order valence-electron chi connectivity index (χ4n) is 3.54. The van der Waals surface area contributed by atoms with Crippen LogP contribution in [0.15, 0.2) is 54.1 Å². The summed E-state index contributed by atoms with van der Waals surface area (Å²) in [7, 11) is 1.52. The fraction of sp³-hybridized carbons (Fsp3) is 0.174. The van der Waals surface area contributed by atoms with Gasteiger partial charge in [-0.05, 0) is 44.2 Å². The van der Waals surface area contributed by atoms with Gasteiger partial charge >= 0.3 is 5.91 Å². The number of halogens is 1. The number of thiazole rings is 1. The number of aliphatic hydroxyl groups excluding tert-OH is 1. The number of anilines is 1. The van der Waals surface area contributed by atoms with Crippen molar-refractivity contribution in [3.8, 4) is 5.75 Å². The molecule has 4 rings (SSSR count). The molecule has 0 radical (unpaired) electrons. The van der Waals surface area contributed by atoms with Crippen LogP contribution in [0.5, 0.6) is 5.75 Å². The van der Waals surface area contributed by atoms with Crippen molar-refractivity contribution < 1.29 is 19.4 Å². The predicted molar refractivity (Wildman–Crippen MR) is 121 cm³/mol. The Bertz CT molecular complexity index is 1200. The lowest BCUT2D eigenvalue weighted by atomic mass is 9.95. The molecule has 158 valence electrons. The molecule has 0 spiro atoms. The highest BCUT2D eigenvalue weighted by Gasteiger charge is 2.49. The maximum absolute atomic E-state index is 13.1. The number of amides is 1. The topological polar surface area (TPSA) is 79.7 Å². The first kappa shape index (κ1) is 21.1. The van der Waals surface area contributed by atoms with Crippen LogP contribution in [-0.2, 0) is 9.59 Å². The summed E-state index contributed by atoms with van der Waals surface area (Å²) in [6.07, 6.45) is 0. The predicted octanol–water partition coefficient (Wildman–Crippen LogP) is 5.05. The molecular weight excluding hydrogens is 436 g/mol. The van der Waals surface area contributed by atoms with Gasteiger partial charge in [-0.1, -0.05) is 29.8 Å². The minimum atomic E-state index is -0.892. The van der Waals surface area contributed by atoms with Crippen molar-refractivity contribution in [2.24, 2.45) is 0 Å². The number of benzene rings is 2. The van der Waals surface area contributed by atoms with E-state index in [1.165, 1.54) is 23.3 Å². The van der Waals surface area contributed by atoms with Gasteiger partial charge in [-0.15, -0.1) is 11.3 Å². The smallest absolute Gasteiger partial charge is 0.301 e. The van der Waals surface area contributed by atoms with Crippen molar-refractivity contribution >= 4 is 45.5 Å². The van der Waals surface area contributed by atoms with Gasteiger partial charge in [0, 0.05) is 21.0 Å². The van der Waals surface area contributed by atoms with Crippen LogP contribution in [0, 0.1) is 13.8 Å². The minimum Gasteiger partial charge on any atom is -0.507 e. The summed E-state index contributed by atoms with van der Waals surface area (Å²) in [4.78, 5) is 33.1. The number of ketones is 1. The van der Waals surface area contributed by atoms with E-state index in [2.05, 4.69) is 4.98 Å². The van der Waals surface area contributed by atoms with Crippen LogP contribution in [0.1, 0.15) is 27.7 Å². The molecule has 6 nitrogen and oxygen atoms in total. The molecule has 2 heterocycles. The van der Waals surface area contributed by atoms with E-state index in [4.69, 9.17) is 16.3 Å². The monoisotopic (exact) mass is 454 g/mol. The summed E-state index contributed by atoms with van der Waals surface area (Å²) in [5.74, 6) is -1.32. The normalized spacial score (nSPS) is 17.9. The van der Waals surface area contributed by atoms with Crippen molar-refractivity contribution in [2.75, 3.05) is 12.0 Å². The number of para-hydroxylation sites is 1. The Kier molecular flexibility index (Phi) is 5.56. The molecule has 1 aromatic heterocycles. The van der Waals surface area contributed by atoms with E-state index in [9.17, 15) is 14.7 Å². The van der Waals surface area contributed by atoms with Crippen LogP contribution in [0.4, 0.5) is 5.13 Å². The molecule has 0 aliphatic carbocycles. The zero-order valence-corrected chi connectivity index (χ0v) is 18.6. The number of Topliss-reactive ketones (excluding diaryl/α,β-unsaturated/α-hetero) is 1. The van der Waals surface area contributed by atoms with Gasteiger partial charge in [0.2, 0.25) is 0 Å². The lowest BCUT2D eigenvalue weighted by Gasteiger charge is -2.24. The summed E-state index contributed by atoms with van der Waals surface area (Å²) < 4.78 is 5.50. The van der Waals surface area contributed by atoms with Crippen LogP contribution >= 0.6 is 22.9 Å². The van der Waals surface area contributed by atoms with E-state index in [-0.39, 0.29) is 11.3 Å². The molecule has 1 aliphatic heterocycles. The molecular formula is C23H19ClN2O4S. The molecule has 2 aromatic carbocycles. The first-order chi connectivity index (χ1) is 14.8. The molecule has 0 bridgehead atoms. The van der Waals surface area contributed by atoms with Gasteiger partial charge in [-0.3, -0.25) is 14.5 Å². The molecule has 8 heteroatoms. The Morgan fingerprint density at radius 2 is 1.81 bits per heavy atom. The SMILES string of the molecule is COc1ccccc1[C@H]1/C(=C(\O)c2ccc(Cl)cc2)C(=O)C(=O)N1c1nc(C)c(C)s1. The zero-order valence-electron chi connectivity index (χ0n) is 17.0. The first-order valence-electron chi connectivity index (χ1n) is 9.47. The van der Waals surface area contributed by atoms with Crippen molar-refractivity contribution in [3.05, 3.63) is 80.8 Å². The first-order valence-corrected chi connectivity index (χ1v) is 10.7. The van der Waals surface area contributed by atoms with Crippen molar-refractivity contribution in [2.45, 2.75) is 19.9 Å².